The summed E-state index contributed by atoms with van der Waals surface area (Å²) in [5, 5.41) is 0. The van der Waals surface area contributed by atoms with E-state index in [0.29, 0.717) is 19.3 Å². The zero-order chi connectivity index (χ0) is 59.2. The third kappa shape index (κ3) is 67.4. The fraction of sp³-hybridized carbons (Fsp3) is 0.776. The summed E-state index contributed by atoms with van der Waals surface area (Å²) in [6, 6.07) is 0. The molecular formula is C76H134O6. The Morgan fingerprint density at radius 3 is 0.756 bits per heavy atom. The Bertz CT molecular complexity index is 1550. The van der Waals surface area contributed by atoms with E-state index in [0.717, 1.165) is 109 Å². The number of ether oxygens (including phenoxy) is 3. The van der Waals surface area contributed by atoms with Crippen molar-refractivity contribution in [2.75, 3.05) is 13.2 Å². The van der Waals surface area contributed by atoms with Gasteiger partial charge in [-0.2, -0.15) is 0 Å². The predicted octanol–water partition coefficient (Wildman–Crippen LogP) is 24.6. The first-order valence-corrected chi connectivity index (χ1v) is 35.6. The summed E-state index contributed by atoms with van der Waals surface area (Å²) in [5.74, 6) is -0.893. The van der Waals surface area contributed by atoms with E-state index in [1.54, 1.807) is 0 Å². The van der Waals surface area contributed by atoms with Crippen molar-refractivity contribution in [2.24, 2.45) is 0 Å². The molecule has 0 saturated heterocycles. The Balaban J connectivity index is 4.25. The molecule has 0 rings (SSSR count). The highest BCUT2D eigenvalue weighted by atomic mass is 16.6. The van der Waals surface area contributed by atoms with Crippen LogP contribution in [0.3, 0.4) is 0 Å². The molecule has 1 atom stereocenters. The molecule has 0 heterocycles. The van der Waals surface area contributed by atoms with E-state index in [-0.39, 0.29) is 31.1 Å². The van der Waals surface area contributed by atoms with Crippen LogP contribution in [0.1, 0.15) is 361 Å². The fourth-order valence-corrected chi connectivity index (χ4v) is 10.4. The highest BCUT2D eigenvalue weighted by molar-refractivity contribution is 5.71. The van der Waals surface area contributed by atoms with E-state index in [1.807, 2.05) is 0 Å². The summed E-state index contributed by atoms with van der Waals surface area (Å²) < 4.78 is 17.0. The monoisotopic (exact) mass is 1140 g/mol. The lowest BCUT2D eigenvalue weighted by Gasteiger charge is -2.18. The molecular weight excluding hydrogens is 1010 g/mol. The van der Waals surface area contributed by atoms with Gasteiger partial charge in [0.1, 0.15) is 13.2 Å². The molecule has 0 aliphatic carbocycles. The molecule has 474 valence electrons. The van der Waals surface area contributed by atoms with Crippen LogP contribution in [-0.2, 0) is 28.6 Å². The Kier molecular flexibility index (Phi) is 67.2. The van der Waals surface area contributed by atoms with Crippen LogP contribution in [0, 0.1) is 0 Å². The number of rotatable bonds is 65. The van der Waals surface area contributed by atoms with Gasteiger partial charge in [0, 0.05) is 19.3 Å². The molecule has 0 spiro atoms. The molecule has 0 aliphatic heterocycles. The molecule has 0 saturated carbocycles. The Labute approximate surface area is 509 Å². The van der Waals surface area contributed by atoms with Crippen molar-refractivity contribution >= 4 is 17.9 Å². The number of unbranched alkanes of at least 4 members (excludes halogenated alkanes) is 40. The molecule has 0 N–H and O–H groups in total. The smallest absolute Gasteiger partial charge is 0.306 e. The molecule has 0 aromatic carbocycles. The normalized spacial score (nSPS) is 12.6. The molecule has 0 aliphatic rings. The van der Waals surface area contributed by atoms with Crippen molar-refractivity contribution in [1.82, 2.24) is 0 Å². The van der Waals surface area contributed by atoms with Gasteiger partial charge in [0.05, 0.1) is 0 Å². The van der Waals surface area contributed by atoms with Crippen molar-refractivity contribution in [3.63, 3.8) is 0 Å². The van der Waals surface area contributed by atoms with Crippen molar-refractivity contribution in [1.29, 1.82) is 0 Å². The number of hydrogen-bond donors (Lipinski definition) is 0. The van der Waals surface area contributed by atoms with Crippen molar-refractivity contribution < 1.29 is 28.6 Å². The third-order valence-electron chi connectivity index (χ3n) is 15.6. The lowest BCUT2D eigenvalue weighted by molar-refractivity contribution is -0.167. The van der Waals surface area contributed by atoms with Crippen molar-refractivity contribution in [3.05, 3.63) is 85.1 Å². The van der Waals surface area contributed by atoms with Crippen LogP contribution < -0.4 is 0 Å². The maximum Gasteiger partial charge on any atom is 0.306 e. The maximum atomic E-state index is 13.0. The number of esters is 3. The number of carbonyl (C=O) groups excluding carboxylic acids is 3. The Morgan fingerprint density at radius 1 is 0.256 bits per heavy atom. The van der Waals surface area contributed by atoms with Gasteiger partial charge < -0.3 is 14.2 Å². The van der Waals surface area contributed by atoms with E-state index in [9.17, 15) is 14.4 Å². The van der Waals surface area contributed by atoms with E-state index < -0.39 is 6.10 Å². The van der Waals surface area contributed by atoms with Gasteiger partial charge >= 0.3 is 17.9 Å². The van der Waals surface area contributed by atoms with Gasteiger partial charge in [0.25, 0.3) is 0 Å². The van der Waals surface area contributed by atoms with Crippen LogP contribution >= 0.6 is 0 Å². The lowest BCUT2D eigenvalue weighted by Crippen LogP contribution is -2.30. The molecule has 0 bridgehead atoms. The molecule has 6 nitrogen and oxygen atoms in total. The third-order valence-corrected chi connectivity index (χ3v) is 15.6. The SMILES string of the molecule is CC/C=C\C/C=C\C/C=C\C/C=C\CCCCCCCCCCCCCCCCC(=O)OCC(COC(=O)CCCCC/C=C\C/C=C\C/C=C\CC)OC(=O)CCCCCCCCCCCCCCCCCCCCCCCCCC. The average Bonchev–Trinajstić information content (AvgIpc) is 3.47. The number of hydrogen-bond acceptors (Lipinski definition) is 6. The van der Waals surface area contributed by atoms with Gasteiger partial charge in [0.2, 0.25) is 0 Å². The molecule has 0 aromatic rings. The van der Waals surface area contributed by atoms with Crippen LogP contribution in [0.5, 0.6) is 0 Å². The zero-order valence-corrected chi connectivity index (χ0v) is 54.5. The van der Waals surface area contributed by atoms with Gasteiger partial charge in [-0.05, 0) is 89.9 Å². The molecule has 82 heavy (non-hydrogen) atoms. The Hall–Kier alpha value is -3.41. The molecule has 0 radical (unpaired) electrons. The molecule has 0 aromatic heterocycles. The Morgan fingerprint density at radius 2 is 0.476 bits per heavy atom. The minimum atomic E-state index is -0.788. The van der Waals surface area contributed by atoms with Gasteiger partial charge in [-0.15, -0.1) is 0 Å². The summed E-state index contributed by atoms with van der Waals surface area (Å²) in [6.07, 6.45) is 93.4. The van der Waals surface area contributed by atoms with Gasteiger partial charge in [0.15, 0.2) is 6.10 Å². The average molecular weight is 1140 g/mol. The molecule has 1 unspecified atom stereocenters. The van der Waals surface area contributed by atoms with Crippen LogP contribution in [0.2, 0.25) is 0 Å². The number of carbonyl (C=O) groups is 3. The molecule has 0 amide bonds. The lowest BCUT2D eigenvalue weighted by atomic mass is 10.0. The fourth-order valence-electron chi connectivity index (χ4n) is 10.4. The van der Waals surface area contributed by atoms with E-state index in [1.165, 1.54) is 212 Å². The van der Waals surface area contributed by atoms with Gasteiger partial charge in [-0.3, -0.25) is 14.4 Å². The van der Waals surface area contributed by atoms with Crippen LogP contribution in [0.25, 0.3) is 0 Å². The summed E-state index contributed by atoms with van der Waals surface area (Å²) in [6.45, 7) is 6.44. The summed E-state index contributed by atoms with van der Waals surface area (Å²) in [7, 11) is 0. The van der Waals surface area contributed by atoms with E-state index >= 15 is 0 Å². The molecule has 0 fully saturated rings. The summed E-state index contributed by atoms with van der Waals surface area (Å²) in [4.78, 5) is 38.4. The first kappa shape index (κ1) is 78.6. The highest BCUT2D eigenvalue weighted by Gasteiger charge is 2.19. The van der Waals surface area contributed by atoms with Crippen LogP contribution in [0.4, 0.5) is 0 Å². The standard InChI is InChI=1S/C76H134O6/c1-4-7-10-13-16-19-22-25-27-29-31-33-35-37-38-39-41-42-44-46-48-51-54-57-60-63-66-69-75(78)81-72-73(71-80-74(77)68-65-62-59-56-53-50-24-21-18-15-12-9-6-3)82-76(79)70-67-64-61-58-55-52-49-47-45-43-40-36-34-32-30-28-26-23-20-17-14-11-8-5-2/h7,9-10,12,16,18-19,21,25,27,31,33,50,53,73H,4-6,8,11,13-15,17,20,22-24,26,28-30,32,34-49,51-52,54-72H2,1-3H3/b10-7-,12-9-,19-16-,21-18-,27-25-,33-31-,53-50-. The van der Waals surface area contributed by atoms with E-state index in [4.69, 9.17) is 14.2 Å². The predicted molar refractivity (Wildman–Crippen MR) is 358 cm³/mol. The quantitative estimate of drug-likeness (QED) is 0.0261. The van der Waals surface area contributed by atoms with Gasteiger partial charge in [-0.1, -0.05) is 337 Å². The second kappa shape index (κ2) is 70.1. The number of allylic oxidation sites excluding steroid dienone is 14. The second-order valence-electron chi connectivity index (χ2n) is 23.7. The van der Waals surface area contributed by atoms with E-state index in [2.05, 4.69) is 106 Å². The second-order valence-corrected chi connectivity index (χ2v) is 23.7. The van der Waals surface area contributed by atoms with Crippen LogP contribution in [0.15, 0.2) is 85.1 Å². The van der Waals surface area contributed by atoms with Crippen molar-refractivity contribution in [3.8, 4) is 0 Å². The minimum absolute atomic E-state index is 0.0824. The largest absolute Gasteiger partial charge is 0.462 e. The first-order valence-electron chi connectivity index (χ1n) is 35.6. The first-order chi connectivity index (χ1) is 40.5. The summed E-state index contributed by atoms with van der Waals surface area (Å²) in [5.41, 5.74) is 0. The van der Waals surface area contributed by atoms with Crippen LogP contribution in [-0.4, -0.2) is 37.2 Å². The highest BCUT2D eigenvalue weighted by Crippen LogP contribution is 2.18. The molecule has 6 heteroatoms. The minimum Gasteiger partial charge on any atom is -0.462 e. The maximum absolute atomic E-state index is 13.0. The van der Waals surface area contributed by atoms with Gasteiger partial charge in [-0.25, -0.2) is 0 Å². The summed E-state index contributed by atoms with van der Waals surface area (Å²) >= 11 is 0. The zero-order valence-electron chi connectivity index (χ0n) is 54.5. The topological polar surface area (TPSA) is 78.9 Å². The van der Waals surface area contributed by atoms with Crippen molar-refractivity contribution in [2.45, 2.75) is 367 Å².